The van der Waals surface area contributed by atoms with Crippen LogP contribution in [-0.4, -0.2) is 48.3 Å². The third kappa shape index (κ3) is 6.26. The zero-order chi connectivity index (χ0) is 27.8. The van der Waals surface area contributed by atoms with Crippen LogP contribution in [0.25, 0.3) is 10.4 Å². The second-order valence-electron chi connectivity index (χ2n) is 9.99. The van der Waals surface area contributed by atoms with Gasteiger partial charge in [0.1, 0.15) is 12.4 Å². The SMILES string of the molecule is [N-]=[N+]=NCc1ccccc1C[C@@]1(C(=O)NNC2Cc3ccccc3C2)COC(c2ccc(OCCCO)cc2)=N1. The number of fused-ring (bicyclic) bond motifs is 1. The number of carbonyl (C=O) groups is 1. The molecule has 0 radical (unpaired) electrons. The highest BCUT2D eigenvalue weighted by atomic mass is 16.5. The number of aliphatic hydroxyl groups excluding tert-OH is 1. The van der Waals surface area contributed by atoms with Crippen LogP contribution < -0.4 is 15.6 Å². The Hall–Kier alpha value is -4.37. The summed E-state index contributed by atoms with van der Waals surface area (Å²) in [5.74, 6) is 0.757. The smallest absolute Gasteiger partial charge is 0.266 e. The van der Waals surface area contributed by atoms with Gasteiger partial charge in [-0.15, -0.1) is 0 Å². The molecule has 10 heteroatoms. The average Bonchev–Trinajstić information content (AvgIpc) is 3.61. The molecule has 3 N–H and O–H groups in total. The van der Waals surface area contributed by atoms with Crippen LogP contribution >= 0.6 is 0 Å². The standard InChI is InChI=1S/C30H32N6O4/c31-36-32-19-25-9-4-3-8-24(25)18-30(29(38)35-34-26-16-22-6-1-2-7-23(22)17-26)20-40-28(33-30)21-10-12-27(13-11-21)39-15-5-14-37/h1-4,6-13,26,34,37H,5,14-20H2,(H,35,38)/t30-/m0/s1. The fraction of sp³-hybridized carbons (Fsp3) is 0.333. The van der Waals surface area contributed by atoms with Crippen molar-refractivity contribution in [2.45, 2.75) is 43.8 Å². The first-order valence-electron chi connectivity index (χ1n) is 13.4. The van der Waals surface area contributed by atoms with E-state index < -0.39 is 5.54 Å². The van der Waals surface area contributed by atoms with Crippen molar-refractivity contribution in [2.75, 3.05) is 19.8 Å². The van der Waals surface area contributed by atoms with Gasteiger partial charge < -0.3 is 14.6 Å². The minimum Gasteiger partial charge on any atom is -0.494 e. The minimum atomic E-state index is -1.23. The van der Waals surface area contributed by atoms with Gasteiger partial charge in [-0.2, -0.15) is 0 Å². The molecule has 5 rings (SSSR count). The van der Waals surface area contributed by atoms with E-state index in [1.54, 1.807) is 0 Å². The number of amides is 1. The Morgan fingerprint density at radius 2 is 1.77 bits per heavy atom. The van der Waals surface area contributed by atoms with Gasteiger partial charge in [-0.25, -0.2) is 10.4 Å². The summed E-state index contributed by atoms with van der Waals surface area (Å²) < 4.78 is 11.7. The van der Waals surface area contributed by atoms with E-state index in [4.69, 9.17) is 25.1 Å². The predicted octanol–water partition coefficient (Wildman–Crippen LogP) is 3.80. The highest BCUT2D eigenvalue weighted by Gasteiger charge is 2.45. The zero-order valence-corrected chi connectivity index (χ0v) is 22.1. The van der Waals surface area contributed by atoms with Crippen LogP contribution in [0.2, 0.25) is 0 Å². The van der Waals surface area contributed by atoms with Crippen molar-refractivity contribution in [1.82, 2.24) is 10.9 Å². The quantitative estimate of drug-likeness (QED) is 0.105. The maximum Gasteiger partial charge on any atom is 0.266 e. The lowest BCUT2D eigenvalue weighted by molar-refractivity contribution is -0.128. The molecular formula is C30H32N6O4. The molecule has 3 aromatic rings. The van der Waals surface area contributed by atoms with E-state index in [0.717, 1.165) is 29.5 Å². The van der Waals surface area contributed by atoms with Crippen LogP contribution in [0, 0.1) is 0 Å². The van der Waals surface area contributed by atoms with Gasteiger partial charge in [-0.3, -0.25) is 10.2 Å². The maximum absolute atomic E-state index is 13.8. The molecule has 0 fully saturated rings. The number of nitrogens with zero attached hydrogens (tertiary/aromatic N) is 4. The normalized spacial score (nSPS) is 17.9. The second kappa shape index (κ2) is 12.7. The summed E-state index contributed by atoms with van der Waals surface area (Å²) in [6, 6.07) is 23.3. The Bertz CT molecular complexity index is 1390. The summed E-state index contributed by atoms with van der Waals surface area (Å²) in [4.78, 5) is 21.6. The van der Waals surface area contributed by atoms with Crippen molar-refractivity contribution in [3.05, 3.63) is 111 Å². The summed E-state index contributed by atoms with van der Waals surface area (Å²) in [6.07, 6.45) is 2.48. The topological polar surface area (TPSA) is 141 Å². The average molecular weight is 541 g/mol. The molecule has 1 aliphatic heterocycles. The monoisotopic (exact) mass is 540 g/mol. The molecular weight excluding hydrogens is 508 g/mol. The number of hydrogen-bond acceptors (Lipinski definition) is 7. The Morgan fingerprint density at radius 3 is 2.48 bits per heavy atom. The molecule has 3 aromatic carbocycles. The van der Waals surface area contributed by atoms with E-state index in [2.05, 4.69) is 33.0 Å². The molecule has 0 bridgehead atoms. The molecule has 2 aliphatic rings. The highest BCUT2D eigenvalue weighted by Crippen LogP contribution is 2.29. The number of hydrogen-bond donors (Lipinski definition) is 3. The second-order valence-corrected chi connectivity index (χ2v) is 9.99. The van der Waals surface area contributed by atoms with Crippen LogP contribution in [0.5, 0.6) is 5.75 Å². The lowest BCUT2D eigenvalue weighted by Crippen LogP contribution is -2.55. The van der Waals surface area contributed by atoms with Gasteiger partial charge >= 0.3 is 0 Å². The van der Waals surface area contributed by atoms with Gasteiger partial charge in [-0.1, -0.05) is 53.6 Å². The molecule has 1 aliphatic carbocycles. The summed E-state index contributed by atoms with van der Waals surface area (Å²) in [5.41, 5.74) is 18.8. The number of nitrogens with one attached hydrogen (secondary N) is 2. The number of rotatable bonds is 12. The Morgan fingerprint density at radius 1 is 1.07 bits per heavy atom. The van der Waals surface area contributed by atoms with Crippen LogP contribution in [-0.2, 0) is 35.3 Å². The molecule has 206 valence electrons. The molecule has 1 amide bonds. The summed E-state index contributed by atoms with van der Waals surface area (Å²) in [6.45, 7) is 0.732. The van der Waals surface area contributed by atoms with Gasteiger partial charge in [-0.05, 0) is 64.9 Å². The number of aliphatic hydroxyl groups is 1. The van der Waals surface area contributed by atoms with Crippen LogP contribution in [0.4, 0.5) is 0 Å². The van der Waals surface area contributed by atoms with E-state index in [1.165, 1.54) is 11.1 Å². The van der Waals surface area contributed by atoms with Crippen LogP contribution in [0.3, 0.4) is 0 Å². The first-order chi connectivity index (χ1) is 19.6. The number of ether oxygens (including phenoxy) is 2. The van der Waals surface area contributed by atoms with E-state index in [9.17, 15) is 4.79 Å². The van der Waals surface area contributed by atoms with E-state index in [1.807, 2.05) is 60.7 Å². The van der Waals surface area contributed by atoms with Crippen molar-refractivity contribution < 1.29 is 19.4 Å². The lowest BCUT2D eigenvalue weighted by Gasteiger charge is -2.25. The van der Waals surface area contributed by atoms with Crippen molar-refractivity contribution in [1.29, 1.82) is 0 Å². The van der Waals surface area contributed by atoms with Crippen LogP contribution in [0.1, 0.15) is 34.2 Å². The summed E-state index contributed by atoms with van der Waals surface area (Å²) in [7, 11) is 0. The van der Waals surface area contributed by atoms with Gasteiger partial charge in [0.05, 0.1) is 13.2 Å². The summed E-state index contributed by atoms with van der Waals surface area (Å²) >= 11 is 0. The summed E-state index contributed by atoms with van der Waals surface area (Å²) in [5, 5.41) is 12.7. The third-order valence-electron chi connectivity index (χ3n) is 7.20. The molecule has 0 unspecified atom stereocenters. The molecule has 1 atom stereocenters. The van der Waals surface area contributed by atoms with Gasteiger partial charge in [0.25, 0.3) is 5.91 Å². The molecule has 0 saturated carbocycles. The highest BCUT2D eigenvalue weighted by molar-refractivity contribution is 6.00. The first kappa shape index (κ1) is 27.2. The van der Waals surface area contributed by atoms with Crippen molar-refractivity contribution >= 4 is 11.8 Å². The van der Waals surface area contributed by atoms with Gasteiger partial charge in [0.15, 0.2) is 5.54 Å². The van der Waals surface area contributed by atoms with E-state index in [-0.39, 0.29) is 38.1 Å². The molecule has 0 spiro atoms. The molecule has 40 heavy (non-hydrogen) atoms. The number of azide groups is 1. The lowest BCUT2D eigenvalue weighted by atomic mass is 9.89. The fourth-order valence-corrected chi connectivity index (χ4v) is 5.08. The molecule has 10 nitrogen and oxygen atoms in total. The van der Waals surface area contributed by atoms with Gasteiger partial charge in [0.2, 0.25) is 5.90 Å². The molecule has 0 saturated heterocycles. The number of carbonyl (C=O) groups excluding carboxylic acids is 1. The maximum atomic E-state index is 13.8. The first-order valence-corrected chi connectivity index (χ1v) is 13.4. The largest absolute Gasteiger partial charge is 0.494 e. The van der Waals surface area contributed by atoms with E-state index >= 15 is 0 Å². The van der Waals surface area contributed by atoms with Gasteiger partial charge in [0, 0.05) is 36.0 Å². The molecule has 1 heterocycles. The third-order valence-corrected chi connectivity index (χ3v) is 7.20. The number of hydrazine groups is 1. The van der Waals surface area contributed by atoms with Crippen LogP contribution in [0.15, 0.2) is 82.9 Å². The zero-order valence-electron chi connectivity index (χ0n) is 22.1. The Kier molecular flexibility index (Phi) is 8.61. The minimum absolute atomic E-state index is 0.0609. The Labute approximate surface area is 232 Å². The fourth-order valence-electron chi connectivity index (χ4n) is 5.08. The predicted molar refractivity (Wildman–Crippen MR) is 151 cm³/mol. The van der Waals surface area contributed by atoms with Crippen molar-refractivity contribution in [3.8, 4) is 5.75 Å². The van der Waals surface area contributed by atoms with E-state index in [0.29, 0.717) is 24.7 Å². The van der Waals surface area contributed by atoms with Crippen molar-refractivity contribution in [2.24, 2.45) is 10.1 Å². The molecule has 0 aromatic heterocycles. The Balaban J connectivity index is 1.37. The number of benzene rings is 3. The number of aliphatic imine (C=N–C) groups is 1. The van der Waals surface area contributed by atoms with Crippen molar-refractivity contribution in [3.63, 3.8) is 0 Å².